The first-order chi connectivity index (χ1) is 13.9. The van der Waals surface area contributed by atoms with Crippen molar-refractivity contribution >= 4 is 28.1 Å². The highest BCUT2D eigenvalue weighted by molar-refractivity contribution is 9.10. The average molecular weight is 457 g/mol. The molecule has 0 fully saturated rings. The number of carbonyl (C=O) groups is 1. The zero-order valence-corrected chi connectivity index (χ0v) is 17.9. The number of para-hydroxylation sites is 1. The van der Waals surface area contributed by atoms with Gasteiger partial charge in [0.1, 0.15) is 5.75 Å². The number of ether oxygens (including phenoxy) is 1. The van der Waals surface area contributed by atoms with Gasteiger partial charge in [-0.2, -0.15) is 5.10 Å². The first kappa shape index (κ1) is 20.6. The molecule has 0 aliphatic carbocycles. The van der Waals surface area contributed by atoms with Gasteiger partial charge in [-0.25, -0.2) is 10.1 Å². The quantitative estimate of drug-likeness (QED) is 0.440. The summed E-state index contributed by atoms with van der Waals surface area (Å²) in [5.41, 5.74) is 5.74. The van der Waals surface area contributed by atoms with Gasteiger partial charge >= 0.3 is 0 Å². The van der Waals surface area contributed by atoms with Crippen molar-refractivity contribution in [3.05, 3.63) is 79.7 Å². The normalized spacial score (nSPS) is 11.0. The number of H-pyrrole nitrogens is 1. The molecule has 2 N–H and O–H groups in total. The molecule has 0 atom stereocenters. The van der Waals surface area contributed by atoms with Crippen molar-refractivity contribution in [1.82, 2.24) is 15.2 Å². The Labute approximate surface area is 176 Å². The maximum Gasteiger partial charge on any atom is 0.280 e. The lowest BCUT2D eigenvalue weighted by Gasteiger charge is -2.11. The number of rotatable bonds is 6. The highest BCUT2D eigenvalue weighted by Crippen LogP contribution is 2.27. The lowest BCUT2D eigenvalue weighted by Crippen LogP contribution is -2.25. The molecule has 7 nitrogen and oxygen atoms in total. The third-order valence-electron chi connectivity index (χ3n) is 4.29. The van der Waals surface area contributed by atoms with Crippen LogP contribution in [-0.2, 0) is 4.79 Å². The van der Waals surface area contributed by atoms with E-state index in [1.165, 1.54) is 10.9 Å². The Morgan fingerprint density at radius 3 is 2.52 bits per heavy atom. The van der Waals surface area contributed by atoms with Crippen LogP contribution < -0.4 is 15.7 Å². The topological polar surface area (TPSA) is 88.5 Å². The van der Waals surface area contributed by atoms with Crippen molar-refractivity contribution in [2.75, 3.05) is 6.61 Å². The first-order valence-electron chi connectivity index (χ1n) is 8.95. The molecular weight excluding hydrogens is 436 g/mol. The predicted molar refractivity (Wildman–Crippen MR) is 116 cm³/mol. The molecule has 0 saturated heterocycles. The van der Waals surface area contributed by atoms with E-state index in [0.717, 1.165) is 21.3 Å². The standard InChI is InChI=1S/C21H21BrN4O3/c1-13-9-16(22)10-14(2)20(13)29-12-19(27)24-23-11-18-15(3)25-26(21(18)28)17-7-5-4-6-8-17/h4-11,25H,12H2,1-3H3,(H,24,27)/b23-11+. The smallest absolute Gasteiger partial charge is 0.280 e. The van der Waals surface area contributed by atoms with Crippen LogP contribution in [-0.4, -0.2) is 28.5 Å². The number of nitrogens with zero attached hydrogens (tertiary/aromatic N) is 2. The molecule has 0 unspecified atom stereocenters. The summed E-state index contributed by atoms with van der Waals surface area (Å²) in [5, 5.41) is 6.90. The molecule has 0 aliphatic heterocycles. The molecular formula is C21H21BrN4O3. The molecule has 1 amide bonds. The third kappa shape index (κ3) is 4.83. The number of aryl methyl sites for hydroxylation is 3. The highest BCUT2D eigenvalue weighted by Gasteiger charge is 2.11. The van der Waals surface area contributed by atoms with Crippen LogP contribution in [0.25, 0.3) is 5.69 Å². The number of aromatic amines is 1. The Kier molecular flexibility index (Phi) is 6.33. The van der Waals surface area contributed by atoms with E-state index in [0.29, 0.717) is 17.0 Å². The number of benzene rings is 2. The molecule has 1 aromatic heterocycles. The molecule has 1 heterocycles. The number of aromatic nitrogens is 2. The van der Waals surface area contributed by atoms with E-state index in [4.69, 9.17) is 4.74 Å². The Morgan fingerprint density at radius 2 is 1.86 bits per heavy atom. The fraction of sp³-hybridized carbons (Fsp3) is 0.190. The van der Waals surface area contributed by atoms with E-state index in [9.17, 15) is 9.59 Å². The molecule has 0 bridgehead atoms. The summed E-state index contributed by atoms with van der Waals surface area (Å²) in [6.07, 6.45) is 1.33. The fourth-order valence-electron chi connectivity index (χ4n) is 2.93. The van der Waals surface area contributed by atoms with Crippen molar-refractivity contribution in [3.8, 4) is 11.4 Å². The van der Waals surface area contributed by atoms with E-state index in [-0.39, 0.29) is 12.2 Å². The SMILES string of the molecule is Cc1cc(Br)cc(C)c1OCC(=O)N/N=C/c1c(C)[nH]n(-c2ccccc2)c1=O. The molecule has 0 radical (unpaired) electrons. The van der Waals surface area contributed by atoms with Gasteiger partial charge in [0.15, 0.2) is 6.61 Å². The second kappa shape index (κ2) is 8.91. The molecule has 150 valence electrons. The van der Waals surface area contributed by atoms with Gasteiger partial charge in [0.05, 0.1) is 17.5 Å². The van der Waals surface area contributed by atoms with Gasteiger partial charge in [-0.15, -0.1) is 0 Å². The largest absolute Gasteiger partial charge is 0.483 e. The Bertz CT molecular complexity index is 1090. The lowest BCUT2D eigenvalue weighted by molar-refractivity contribution is -0.123. The van der Waals surface area contributed by atoms with Crippen LogP contribution in [0.3, 0.4) is 0 Å². The van der Waals surface area contributed by atoms with Crippen LogP contribution in [0.15, 0.2) is 56.8 Å². The Morgan fingerprint density at radius 1 is 1.21 bits per heavy atom. The number of amides is 1. The fourth-order valence-corrected chi connectivity index (χ4v) is 3.62. The van der Waals surface area contributed by atoms with Crippen LogP contribution in [0, 0.1) is 20.8 Å². The van der Waals surface area contributed by atoms with E-state index < -0.39 is 5.91 Å². The van der Waals surface area contributed by atoms with Gasteiger partial charge in [0.25, 0.3) is 11.5 Å². The van der Waals surface area contributed by atoms with Crippen molar-refractivity contribution in [2.45, 2.75) is 20.8 Å². The van der Waals surface area contributed by atoms with E-state index in [1.54, 1.807) is 6.92 Å². The zero-order valence-electron chi connectivity index (χ0n) is 16.3. The average Bonchev–Trinajstić information content (AvgIpc) is 2.96. The minimum atomic E-state index is -0.417. The molecule has 0 saturated carbocycles. The van der Waals surface area contributed by atoms with Crippen molar-refractivity contribution < 1.29 is 9.53 Å². The summed E-state index contributed by atoms with van der Waals surface area (Å²) < 4.78 is 8.00. The monoisotopic (exact) mass is 456 g/mol. The van der Waals surface area contributed by atoms with Gasteiger partial charge < -0.3 is 4.74 Å². The maximum atomic E-state index is 12.6. The van der Waals surface area contributed by atoms with E-state index >= 15 is 0 Å². The van der Waals surface area contributed by atoms with Crippen molar-refractivity contribution in [2.24, 2.45) is 5.10 Å². The summed E-state index contributed by atoms with van der Waals surface area (Å²) in [6, 6.07) is 13.1. The van der Waals surface area contributed by atoms with Crippen molar-refractivity contribution in [3.63, 3.8) is 0 Å². The minimum absolute atomic E-state index is 0.180. The van der Waals surface area contributed by atoms with Crippen LogP contribution in [0.4, 0.5) is 0 Å². The summed E-state index contributed by atoms with van der Waals surface area (Å²) >= 11 is 3.43. The van der Waals surface area contributed by atoms with Crippen LogP contribution >= 0.6 is 15.9 Å². The number of carbonyl (C=O) groups excluding carboxylic acids is 1. The first-order valence-corrected chi connectivity index (χ1v) is 9.74. The second-order valence-corrected chi connectivity index (χ2v) is 7.49. The molecule has 2 aromatic carbocycles. The molecule has 3 rings (SSSR count). The van der Waals surface area contributed by atoms with Crippen LogP contribution in [0.1, 0.15) is 22.4 Å². The Balaban J connectivity index is 1.64. The molecule has 0 spiro atoms. The molecule has 3 aromatic rings. The van der Waals surface area contributed by atoms with Gasteiger partial charge in [0.2, 0.25) is 0 Å². The molecule has 0 aliphatic rings. The number of hydrogen-bond donors (Lipinski definition) is 2. The van der Waals surface area contributed by atoms with Gasteiger partial charge in [-0.1, -0.05) is 34.1 Å². The van der Waals surface area contributed by atoms with Gasteiger partial charge in [-0.05, 0) is 56.2 Å². The van der Waals surface area contributed by atoms with Gasteiger partial charge in [0, 0.05) is 10.2 Å². The molecule has 8 heteroatoms. The number of hydrazone groups is 1. The summed E-state index contributed by atoms with van der Waals surface area (Å²) in [4.78, 5) is 24.6. The molecule has 29 heavy (non-hydrogen) atoms. The third-order valence-corrected chi connectivity index (χ3v) is 4.74. The Hall–Kier alpha value is -3.13. The lowest BCUT2D eigenvalue weighted by atomic mass is 10.1. The predicted octanol–water partition coefficient (Wildman–Crippen LogP) is 3.38. The summed E-state index contributed by atoms with van der Waals surface area (Å²) in [5.74, 6) is 0.249. The second-order valence-electron chi connectivity index (χ2n) is 6.58. The van der Waals surface area contributed by atoms with E-state index in [1.807, 2.05) is 56.3 Å². The number of halogens is 1. The summed E-state index contributed by atoms with van der Waals surface area (Å²) in [6.45, 7) is 5.42. The van der Waals surface area contributed by atoms with Crippen LogP contribution in [0.2, 0.25) is 0 Å². The highest BCUT2D eigenvalue weighted by atomic mass is 79.9. The maximum absolute atomic E-state index is 12.6. The zero-order chi connectivity index (χ0) is 21.0. The minimum Gasteiger partial charge on any atom is -0.483 e. The van der Waals surface area contributed by atoms with E-state index in [2.05, 4.69) is 31.6 Å². The number of nitrogens with one attached hydrogen (secondary N) is 2. The van der Waals surface area contributed by atoms with Gasteiger partial charge in [-0.3, -0.25) is 14.7 Å². The summed E-state index contributed by atoms with van der Waals surface area (Å²) in [7, 11) is 0. The number of hydrogen-bond acceptors (Lipinski definition) is 4. The van der Waals surface area contributed by atoms with Crippen molar-refractivity contribution in [1.29, 1.82) is 0 Å². The van der Waals surface area contributed by atoms with Crippen LogP contribution in [0.5, 0.6) is 5.75 Å².